The zero-order chi connectivity index (χ0) is 20.1. The Morgan fingerprint density at radius 3 is 2.50 bits per heavy atom. The lowest BCUT2D eigenvalue weighted by molar-refractivity contribution is 0.578. The zero-order valence-electron chi connectivity index (χ0n) is 16.3. The van der Waals surface area contributed by atoms with E-state index < -0.39 is 10.0 Å². The van der Waals surface area contributed by atoms with Crippen molar-refractivity contribution in [2.24, 2.45) is 0 Å². The standard InChI is InChI=1S/C22H26N2O3S/c1-16-10-11-19-15-20(22(25)24-21(19)17(16)2)12-13-23-28(26,27)14-6-9-18-7-4-3-5-8-18/h3-5,7-8,10-11,15,23H,6,9,12-14H2,1-2H3,(H,24,25). The van der Waals surface area contributed by atoms with Gasteiger partial charge in [-0.25, -0.2) is 13.1 Å². The third kappa shape index (κ3) is 5.09. The summed E-state index contributed by atoms with van der Waals surface area (Å²) in [5.74, 6) is 0.0778. The normalized spacial score (nSPS) is 11.8. The van der Waals surface area contributed by atoms with Gasteiger partial charge in [0.25, 0.3) is 5.56 Å². The van der Waals surface area contributed by atoms with Crippen LogP contribution in [0.2, 0.25) is 0 Å². The Balaban J connectivity index is 1.57. The van der Waals surface area contributed by atoms with Crippen LogP contribution in [0, 0.1) is 13.8 Å². The highest BCUT2D eigenvalue weighted by Gasteiger charge is 2.11. The van der Waals surface area contributed by atoms with Crippen LogP contribution >= 0.6 is 0 Å². The van der Waals surface area contributed by atoms with Gasteiger partial charge in [-0.3, -0.25) is 4.79 Å². The Morgan fingerprint density at radius 2 is 1.75 bits per heavy atom. The summed E-state index contributed by atoms with van der Waals surface area (Å²) in [7, 11) is -3.35. The highest BCUT2D eigenvalue weighted by molar-refractivity contribution is 7.89. The molecule has 2 aromatic carbocycles. The molecule has 0 saturated carbocycles. The highest BCUT2D eigenvalue weighted by atomic mass is 32.2. The molecule has 0 spiro atoms. The van der Waals surface area contributed by atoms with Crippen LogP contribution < -0.4 is 10.3 Å². The Bertz CT molecular complexity index is 1120. The Labute approximate surface area is 165 Å². The van der Waals surface area contributed by atoms with Crippen molar-refractivity contribution in [2.45, 2.75) is 33.1 Å². The minimum atomic E-state index is -3.35. The maximum absolute atomic E-state index is 12.3. The number of benzene rings is 2. The summed E-state index contributed by atoms with van der Waals surface area (Å²) in [5, 5.41) is 0.961. The van der Waals surface area contributed by atoms with Crippen molar-refractivity contribution in [3.8, 4) is 0 Å². The number of hydrogen-bond acceptors (Lipinski definition) is 3. The van der Waals surface area contributed by atoms with Crippen molar-refractivity contribution >= 4 is 20.9 Å². The van der Waals surface area contributed by atoms with Gasteiger partial charge in [-0.2, -0.15) is 0 Å². The molecule has 0 unspecified atom stereocenters. The molecule has 2 N–H and O–H groups in total. The average Bonchev–Trinajstić information content (AvgIpc) is 2.66. The van der Waals surface area contributed by atoms with E-state index in [1.165, 1.54) is 0 Å². The Hall–Kier alpha value is -2.44. The molecule has 5 nitrogen and oxygen atoms in total. The fourth-order valence-corrected chi connectivity index (χ4v) is 4.36. The summed E-state index contributed by atoms with van der Waals surface area (Å²) in [5.41, 5.74) is 4.58. The highest BCUT2D eigenvalue weighted by Crippen LogP contribution is 2.18. The van der Waals surface area contributed by atoms with E-state index in [1.807, 2.05) is 62.4 Å². The number of pyridine rings is 1. The van der Waals surface area contributed by atoms with Gasteiger partial charge < -0.3 is 4.98 Å². The summed E-state index contributed by atoms with van der Waals surface area (Å²) in [6, 6.07) is 15.7. The van der Waals surface area contributed by atoms with E-state index >= 15 is 0 Å². The molecule has 0 aliphatic rings. The summed E-state index contributed by atoms with van der Waals surface area (Å²) >= 11 is 0. The van der Waals surface area contributed by atoms with Crippen LogP contribution in [0.3, 0.4) is 0 Å². The Kier molecular flexibility index (Phi) is 6.31. The van der Waals surface area contributed by atoms with Crippen LogP contribution in [0.5, 0.6) is 0 Å². The second kappa shape index (κ2) is 8.71. The molecule has 6 heteroatoms. The van der Waals surface area contributed by atoms with Gasteiger partial charge >= 0.3 is 0 Å². The molecule has 28 heavy (non-hydrogen) atoms. The number of aromatic nitrogens is 1. The van der Waals surface area contributed by atoms with Gasteiger partial charge in [0.05, 0.1) is 11.3 Å². The minimum absolute atomic E-state index is 0.0778. The molecule has 3 aromatic rings. The van der Waals surface area contributed by atoms with Crippen LogP contribution in [0.15, 0.2) is 53.3 Å². The van der Waals surface area contributed by atoms with Gasteiger partial charge in [0.15, 0.2) is 0 Å². The van der Waals surface area contributed by atoms with Crippen molar-refractivity contribution in [1.82, 2.24) is 9.71 Å². The van der Waals surface area contributed by atoms with E-state index in [9.17, 15) is 13.2 Å². The number of nitrogens with one attached hydrogen (secondary N) is 2. The van der Waals surface area contributed by atoms with E-state index in [2.05, 4.69) is 9.71 Å². The number of sulfonamides is 1. The van der Waals surface area contributed by atoms with Crippen LogP contribution in [0.4, 0.5) is 0 Å². The third-order valence-electron chi connectivity index (χ3n) is 5.07. The average molecular weight is 399 g/mol. The number of aryl methyl sites for hydroxylation is 3. The number of H-pyrrole nitrogens is 1. The van der Waals surface area contributed by atoms with E-state index in [1.54, 1.807) is 0 Å². The molecule has 3 rings (SSSR count). The smallest absolute Gasteiger partial charge is 0.251 e. The van der Waals surface area contributed by atoms with E-state index in [0.29, 0.717) is 18.4 Å². The fourth-order valence-electron chi connectivity index (χ4n) is 3.28. The number of hydrogen-bond donors (Lipinski definition) is 2. The second-order valence-corrected chi connectivity index (χ2v) is 9.07. The van der Waals surface area contributed by atoms with Gasteiger partial charge in [-0.15, -0.1) is 0 Å². The number of fused-ring (bicyclic) bond motifs is 1. The van der Waals surface area contributed by atoms with Crippen LogP contribution in [-0.2, 0) is 22.9 Å². The molecular weight excluding hydrogens is 372 g/mol. The van der Waals surface area contributed by atoms with Gasteiger partial charge in [-0.05, 0) is 61.3 Å². The Morgan fingerprint density at radius 1 is 1.00 bits per heavy atom. The molecule has 1 heterocycles. The molecule has 0 aliphatic heterocycles. The number of rotatable bonds is 8. The lowest BCUT2D eigenvalue weighted by atomic mass is 10.0. The van der Waals surface area contributed by atoms with Crippen LogP contribution in [-0.4, -0.2) is 25.7 Å². The van der Waals surface area contributed by atoms with E-state index in [0.717, 1.165) is 34.0 Å². The van der Waals surface area contributed by atoms with E-state index in [4.69, 9.17) is 0 Å². The topological polar surface area (TPSA) is 79.0 Å². The third-order valence-corrected chi connectivity index (χ3v) is 6.54. The second-order valence-electron chi connectivity index (χ2n) is 7.15. The SMILES string of the molecule is Cc1ccc2cc(CCNS(=O)(=O)CCCc3ccccc3)c(=O)[nH]c2c1C. The lowest BCUT2D eigenvalue weighted by Gasteiger charge is -2.09. The van der Waals surface area contributed by atoms with Crippen LogP contribution in [0.1, 0.15) is 28.7 Å². The molecule has 0 bridgehead atoms. The van der Waals surface area contributed by atoms with Crippen LogP contribution in [0.25, 0.3) is 10.9 Å². The minimum Gasteiger partial charge on any atom is -0.321 e. The maximum Gasteiger partial charge on any atom is 0.251 e. The summed E-state index contributed by atoms with van der Waals surface area (Å²) in [6.07, 6.45) is 1.65. The molecule has 148 valence electrons. The van der Waals surface area contributed by atoms with Crippen molar-refractivity contribution < 1.29 is 8.42 Å². The van der Waals surface area contributed by atoms with Crippen molar-refractivity contribution in [3.05, 3.63) is 81.1 Å². The van der Waals surface area contributed by atoms with Gasteiger partial charge in [0, 0.05) is 12.1 Å². The first-order chi connectivity index (χ1) is 13.4. The quantitative estimate of drug-likeness (QED) is 0.611. The van der Waals surface area contributed by atoms with Crippen molar-refractivity contribution in [1.29, 1.82) is 0 Å². The first-order valence-electron chi connectivity index (χ1n) is 9.49. The molecular formula is C22H26N2O3S. The van der Waals surface area contributed by atoms with Gasteiger partial charge in [0.1, 0.15) is 0 Å². The molecule has 0 fully saturated rings. The van der Waals surface area contributed by atoms with Crippen molar-refractivity contribution in [2.75, 3.05) is 12.3 Å². The summed E-state index contributed by atoms with van der Waals surface area (Å²) in [6.45, 7) is 4.21. The monoisotopic (exact) mass is 398 g/mol. The molecule has 0 saturated heterocycles. The van der Waals surface area contributed by atoms with Gasteiger partial charge in [-0.1, -0.05) is 42.5 Å². The van der Waals surface area contributed by atoms with Gasteiger partial charge in [0.2, 0.25) is 10.0 Å². The molecule has 0 atom stereocenters. The summed E-state index contributed by atoms with van der Waals surface area (Å²) < 4.78 is 27.0. The predicted molar refractivity (Wildman–Crippen MR) is 114 cm³/mol. The number of aromatic amines is 1. The lowest BCUT2D eigenvalue weighted by Crippen LogP contribution is -2.29. The largest absolute Gasteiger partial charge is 0.321 e. The summed E-state index contributed by atoms with van der Waals surface area (Å²) in [4.78, 5) is 15.3. The molecule has 1 aromatic heterocycles. The molecule has 0 aliphatic carbocycles. The first kappa shape index (κ1) is 20.3. The van der Waals surface area contributed by atoms with Crippen molar-refractivity contribution in [3.63, 3.8) is 0 Å². The zero-order valence-corrected chi connectivity index (χ0v) is 17.1. The fraction of sp³-hybridized carbons (Fsp3) is 0.318. The molecule has 0 radical (unpaired) electrons. The molecule has 0 amide bonds. The van der Waals surface area contributed by atoms with E-state index in [-0.39, 0.29) is 17.9 Å². The predicted octanol–water partition coefficient (Wildman–Crippen LogP) is 3.24. The maximum atomic E-state index is 12.3. The first-order valence-corrected chi connectivity index (χ1v) is 11.1.